The Balaban J connectivity index is 2.37. The van der Waals surface area contributed by atoms with Gasteiger partial charge in [-0.25, -0.2) is 4.98 Å². The van der Waals surface area contributed by atoms with E-state index >= 15 is 0 Å². The van der Waals surface area contributed by atoms with Gasteiger partial charge in [-0.3, -0.25) is 0 Å². The summed E-state index contributed by atoms with van der Waals surface area (Å²) in [6.45, 7) is 2.31. The molecule has 0 spiro atoms. The van der Waals surface area contributed by atoms with E-state index in [1.807, 2.05) is 14.1 Å². The third-order valence-electron chi connectivity index (χ3n) is 2.47. The van der Waals surface area contributed by atoms with Crippen LogP contribution in [0.25, 0.3) is 0 Å². The Kier molecular flexibility index (Phi) is 1.65. The molecule has 1 aromatic rings. The molecule has 0 atom stereocenters. The van der Waals surface area contributed by atoms with Crippen molar-refractivity contribution in [1.82, 2.24) is 4.98 Å². The van der Waals surface area contributed by atoms with Crippen molar-refractivity contribution < 1.29 is 0 Å². The van der Waals surface area contributed by atoms with Gasteiger partial charge in [0.2, 0.25) is 0 Å². The van der Waals surface area contributed by atoms with Gasteiger partial charge in [0.25, 0.3) is 0 Å². The Morgan fingerprint density at radius 2 is 2.17 bits per heavy atom. The van der Waals surface area contributed by atoms with Crippen LogP contribution in [0.5, 0.6) is 0 Å². The van der Waals surface area contributed by atoms with Gasteiger partial charge in [0.1, 0.15) is 5.82 Å². The van der Waals surface area contributed by atoms with Gasteiger partial charge in [-0.15, -0.1) is 11.3 Å². The first-order valence-electron chi connectivity index (χ1n) is 4.18. The van der Waals surface area contributed by atoms with Crippen LogP contribution in [0, 0.1) is 5.51 Å². The molecule has 0 bridgehead atoms. The topological polar surface area (TPSA) is 16.1 Å². The standard InChI is InChI=1S/C9H13N2S/c1-9(4-5-9)7-8(11(2)3)10-6-12-7/h4-5H2,1-3H3. The zero-order chi connectivity index (χ0) is 8.77. The maximum absolute atomic E-state index is 4.24. The van der Waals surface area contributed by atoms with Gasteiger partial charge in [0.15, 0.2) is 5.51 Å². The molecule has 1 aromatic heterocycles. The zero-order valence-corrected chi connectivity index (χ0v) is 8.53. The molecule has 0 amide bonds. The van der Waals surface area contributed by atoms with Crippen LogP contribution in [0.2, 0.25) is 0 Å². The first-order valence-corrected chi connectivity index (χ1v) is 5.00. The molecule has 1 saturated carbocycles. The van der Waals surface area contributed by atoms with Crippen LogP contribution in [0.3, 0.4) is 0 Å². The summed E-state index contributed by atoms with van der Waals surface area (Å²) in [5.74, 6) is 1.11. The van der Waals surface area contributed by atoms with Crippen molar-refractivity contribution in [3.05, 3.63) is 10.4 Å². The molecule has 3 heteroatoms. The summed E-state index contributed by atoms with van der Waals surface area (Å²) in [5.41, 5.74) is 3.40. The van der Waals surface area contributed by atoms with E-state index in [1.54, 1.807) is 11.3 Å². The van der Waals surface area contributed by atoms with Crippen LogP contribution >= 0.6 is 11.3 Å². The van der Waals surface area contributed by atoms with E-state index in [-0.39, 0.29) is 0 Å². The third-order valence-corrected chi connectivity index (χ3v) is 3.54. The van der Waals surface area contributed by atoms with Crippen molar-refractivity contribution >= 4 is 17.2 Å². The van der Waals surface area contributed by atoms with Crippen LogP contribution in [-0.4, -0.2) is 19.1 Å². The van der Waals surface area contributed by atoms with Crippen LogP contribution < -0.4 is 4.90 Å². The number of aromatic nitrogens is 1. The minimum absolute atomic E-state index is 0.428. The first-order chi connectivity index (χ1) is 5.63. The number of hydrogen-bond acceptors (Lipinski definition) is 3. The Morgan fingerprint density at radius 3 is 2.67 bits per heavy atom. The lowest BCUT2D eigenvalue weighted by Crippen LogP contribution is -2.13. The van der Waals surface area contributed by atoms with Crippen molar-refractivity contribution in [2.24, 2.45) is 0 Å². The van der Waals surface area contributed by atoms with E-state index in [4.69, 9.17) is 0 Å². The highest BCUT2D eigenvalue weighted by atomic mass is 32.1. The summed E-state index contributed by atoms with van der Waals surface area (Å²) >= 11 is 1.67. The molecule has 65 valence electrons. The highest BCUT2D eigenvalue weighted by molar-refractivity contribution is 7.09. The summed E-state index contributed by atoms with van der Waals surface area (Å²) in [6.07, 6.45) is 2.62. The molecule has 2 rings (SSSR count). The van der Waals surface area contributed by atoms with Gasteiger partial charge in [0, 0.05) is 19.5 Å². The monoisotopic (exact) mass is 181 g/mol. The largest absolute Gasteiger partial charge is 0.362 e. The lowest BCUT2D eigenvalue weighted by atomic mass is 10.1. The molecule has 1 heterocycles. The molecule has 2 nitrogen and oxygen atoms in total. The average molecular weight is 181 g/mol. The number of rotatable bonds is 2. The van der Waals surface area contributed by atoms with E-state index in [9.17, 15) is 0 Å². The molecular formula is C9H13N2S. The van der Waals surface area contributed by atoms with Crippen molar-refractivity contribution in [2.45, 2.75) is 25.2 Å². The van der Waals surface area contributed by atoms with Gasteiger partial charge in [-0.2, -0.15) is 0 Å². The van der Waals surface area contributed by atoms with Crippen LogP contribution in [0.4, 0.5) is 5.82 Å². The highest BCUT2D eigenvalue weighted by Gasteiger charge is 2.42. The SMILES string of the molecule is CN(C)c1n[c]sc1C1(C)CC1. The molecule has 1 aliphatic rings. The minimum Gasteiger partial charge on any atom is -0.362 e. The third kappa shape index (κ3) is 1.12. The highest BCUT2D eigenvalue weighted by Crippen LogP contribution is 2.51. The normalized spacial score (nSPS) is 19.2. The average Bonchev–Trinajstić information content (AvgIpc) is 2.61. The predicted molar refractivity (Wildman–Crippen MR) is 51.9 cm³/mol. The summed E-state index contributed by atoms with van der Waals surface area (Å²) in [6, 6.07) is 0. The van der Waals surface area contributed by atoms with Crippen LogP contribution in [0.1, 0.15) is 24.6 Å². The molecule has 1 aliphatic carbocycles. The van der Waals surface area contributed by atoms with Gasteiger partial charge in [-0.1, -0.05) is 6.92 Å². The van der Waals surface area contributed by atoms with Crippen molar-refractivity contribution in [2.75, 3.05) is 19.0 Å². The predicted octanol–water partition coefficient (Wildman–Crippen LogP) is 2.06. The number of anilines is 1. The summed E-state index contributed by atoms with van der Waals surface area (Å²) in [7, 11) is 4.08. The summed E-state index contributed by atoms with van der Waals surface area (Å²) < 4.78 is 0. The summed E-state index contributed by atoms with van der Waals surface area (Å²) in [4.78, 5) is 7.73. The minimum atomic E-state index is 0.428. The van der Waals surface area contributed by atoms with Gasteiger partial charge in [0.05, 0.1) is 4.88 Å². The second kappa shape index (κ2) is 2.46. The van der Waals surface area contributed by atoms with Crippen LogP contribution in [-0.2, 0) is 5.41 Å². The van der Waals surface area contributed by atoms with Gasteiger partial charge in [-0.05, 0) is 12.8 Å². The smallest absolute Gasteiger partial charge is 0.155 e. The Hall–Kier alpha value is -0.570. The lowest BCUT2D eigenvalue weighted by molar-refractivity contribution is 0.800. The molecule has 0 saturated heterocycles. The summed E-state index contributed by atoms with van der Waals surface area (Å²) in [5, 5.41) is 0. The fraction of sp³-hybridized carbons (Fsp3) is 0.667. The van der Waals surface area contributed by atoms with Crippen molar-refractivity contribution in [1.29, 1.82) is 0 Å². The van der Waals surface area contributed by atoms with Crippen molar-refractivity contribution in [3.63, 3.8) is 0 Å². The Bertz CT molecular complexity index is 286. The van der Waals surface area contributed by atoms with E-state index in [2.05, 4.69) is 22.3 Å². The fourth-order valence-corrected chi connectivity index (χ4v) is 2.31. The second-order valence-corrected chi connectivity index (χ2v) is 4.71. The fourth-order valence-electron chi connectivity index (χ4n) is 1.32. The first kappa shape index (κ1) is 8.05. The number of nitrogens with zero attached hydrogens (tertiary/aromatic N) is 2. The molecule has 1 fully saturated rings. The van der Waals surface area contributed by atoms with E-state index in [0.29, 0.717) is 5.41 Å². The maximum Gasteiger partial charge on any atom is 0.155 e. The Morgan fingerprint density at radius 1 is 1.50 bits per heavy atom. The molecule has 0 unspecified atom stereocenters. The molecule has 0 N–H and O–H groups in total. The van der Waals surface area contributed by atoms with Crippen LogP contribution in [0.15, 0.2) is 0 Å². The Labute approximate surface area is 77.2 Å². The number of hydrogen-bond donors (Lipinski definition) is 0. The molecule has 1 radical (unpaired) electrons. The quantitative estimate of drug-likeness (QED) is 0.694. The lowest BCUT2D eigenvalue weighted by Gasteiger charge is -2.14. The van der Waals surface area contributed by atoms with E-state index in [0.717, 1.165) is 5.82 Å². The van der Waals surface area contributed by atoms with E-state index < -0.39 is 0 Å². The molecule has 0 aliphatic heterocycles. The number of thiazole rings is 1. The van der Waals surface area contributed by atoms with Gasteiger partial charge >= 0.3 is 0 Å². The molecule has 12 heavy (non-hydrogen) atoms. The van der Waals surface area contributed by atoms with Crippen molar-refractivity contribution in [3.8, 4) is 0 Å². The molecular weight excluding hydrogens is 168 g/mol. The molecule has 0 aromatic carbocycles. The van der Waals surface area contributed by atoms with Gasteiger partial charge < -0.3 is 4.90 Å². The maximum atomic E-state index is 4.24. The zero-order valence-electron chi connectivity index (χ0n) is 7.72. The van der Waals surface area contributed by atoms with E-state index in [1.165, 1.54) is 17.7 Å². The second-order valence-electron chi connectivity index (χ2n) is 3.91.